The maximum Gasteiger partial charge on any atom is 0.0746 e. The minimum Gasteiger partial charge on any atom is -0.389 e. The summed E-state index contributed by atoms with van der Waals surface area (Å²) in [6.45, 7) is 5.64. The second-order valence-corrected chi connectivity index (χ2v) is 4.59. The van der Waals surface area contributed by atoms with E-state index in [9.17, 15) is 5.11 Å². The van der Waals surface area contributed by atoms with Gasteiger partial charge in [-0.3, -0.25) is 4.90 Å². The largest absolute Gasteiger partial charge is 0.389 e. The van der Waals surface area contributed by atoms with E-state index in [2.05, 4.69) is 4.90 Å². The van der Waals surface area contributed by atoms with Crippen molar-refractivity contribution in [2.45, 2.75) is 37.8 Å². The molecule has 3 nitrogen and oxygen atoms in total. The topological polar surface area (TPSA) is 32.7 Å². The van der Waals surface area contributed by atoms with E-state index in [-0.39, 0.29) is 0 Å². The number of likely N-dealkylation sites (tertiary alicyclic amines) is 1. The molecule has 0 radical (unpaired) electrons. The van der Waals surface area contributed by atoms with Crippen LogP contribution in [0.15, 0.2) is 0 Å². The van der Waals surface area contributed by atoms with Gasteiger partial charge >= 0.3 is 0 Å². The third kappa shape index (κ3) is 2.22. The maximum atomic E-state index is 9.92. The predicted molar refractivity (Wildman–Crippen MR) is 50.7 cm³/mol. The van der Waals surface area contributed by atoms with E-state index in [1.807, 2.05) is 6.92 Å². The van der Waals surface area contributed by atoms with Gasteiger partial charge in [0.15, 0.2) is 0 Å². The molecule has 2 rings (SSSR count). The lowest BCUT2D eigenvalue weighted by molar-refractivity contribution is -0.0307. The molecule has 1 N–H and O–H groups in total. The molecule has 3 heteroatoms. The van der Waals surface area contributed by atoms with Gasteiger partial charge in [-0.15, -0.1) is 0 Å². The average molecular weight is 185 g/mol. The predicted octanol–water partition coefficient (Wildman–Crippen LogP) is 0.622. The van der Waals surface area contributed by atoms with E-state index in [0.717, 1.165) is 45.6 Å². The van der Waals surface area contributed by atoms with Crippen LogP contribution in [0.3, 0.4) is 0 Å². The van der Waals surface area contributed by atoms with Crippen molar-refractivity contribution in [2.24, 2.45) is 0 Å². The highest BCUT2D eigenvalue weighted by atomic mass is 16.5. The van der Waals surface area contributed by atoms with Gasteiger partial charge in [-0.05, 0) is 32.7 Å². The maximum absolute atomic E-state index is 9.92. The molecule has 13 heavy (non-hydrogen) atoms. The van der Waals surface area contributed by atoms with Crippen LogP contribution >= 0.6 is 0 Å². The molecule has 0 bridgehead atoms. The molecule has 2 atom stereocenters. The molecule has 2 unspecified atom stereocenters. The van der Waals surface area contributed by atoms with Gasteiger partial charge in [-0.25, -0.2) is 0 Å². The number of nitrogens with zero attached hydrogens (tertiary/aromatic N) is 1. The van der Waals surface area contributed by atoms with E-state index < -0.39 is 5.60 Å². The molecule has 0 aromatic carbocycles. The van der Waals surface area contributed by atoms with Crippen LogP contribution in [0.2, 0.25) is 0 Å². The standard InChI is InChI=1S/C10H19NO2/c1-10(12)4-2-5-11(8-10)9-3-6-13-7-9/h9,12H,2-8H2,1H3. The zero-order chi connectivity index (χ0) is 9.31. The molecule has 2 saturated heterocycles. The van der Waals surface area contributed by atoms with Crippen LogP contribution in [-0.2, 0) is 4.74 Å². The molecule has 2 aliphatic rings. The minimum atomic E-state index is -0.471. The molecule has 0 aromatic heterocycles. The number of hydrogen-bond donors (Lipinski definition) is 1. The number of ether oxygens (including phenoxy) is 1. The Bertz CT molecular complexity index is 176. The molecule has 0 aromatic rings. The summed E-state index contributed by atoms with van der Waals surface area (Å²) in [7, 11) is 0. The minimum absolute atomic E-state index is 0.471. The van der Waals surface area contributed by atoms with Crippen LogP contribution in [0, 0.1) is 0 Å². The summed E-state index contributed by atoms with van der Waals surface area (Å²) >= 11 is 0. The first kappa shape index (κ1) is 9.44. The summed E-state index contributed by atoms with van der Waals surface area (Å²) in [6.07, 6.45) is 3.19. The SMILES string of the molecule is CC1(O)CCCN(C2CCOC2)C1. The molecular formula is C10H19NO2. The van der Waals surface area contributed by atoms with Gasteiger partial charge in [-0.2, -0.15) is 0 Å². The summed E-state index contributed by atoms with van der Waals surface area (Å²) in [5.41, 5.74) is -0.471. The Hall–Kier alpha value is -0.120. The van der Waals surface area contributed by atoms with Gasteiger partial charge in [-0.1, -0.05) is 0 Å². The van der Waals surface area contributed by atoms with Crippen LogP contribution in [0.4, 0.5) is 0 Å². The Morgan fingerprint density at radius 3 is 3.00 bits per heavy atom. The lowest BCUT2D eigenvalue weighted by Crippen LogP contribution is -2.50. The molecule has 0 aliphatic carbocycles. The highest BCUT2D eigenvalue weighted by Gasteiger charge is 2.33. The fraction of sp³-hybridized carbons (Fsp3) is 1.00. The zero-order valence-corrected chi connectivity index (χ0v) is 8.33. The second-order valence-electron chi connectivity index (χ2n) is 4.59. The first-order valence-corrected chi connectivity index (χ1v) is 5.22. The number of hydrogen-bond acceptors (Lipinski definition) is 3. The van der Waals surface area contributed by atoms with Gasteiger partial charge in [0, 0.05) is 19.2 Å². The van der Waals surface area contributed by atoms with Gasteiger partial charge in [0.05, 0.1) is 12.2 Å². The molecule has 2 heterocycles. The van der Waals surface area contributed by atoms with Gasteiger partial charge in [0.1, 0.15) is 0 Å². The van der Waals surface area contributed by atoms with Crippen molar-refractivity contribution >= 4 is 0 Å². The third-order valence-corrected chi connectivity index (χ3v) is 3.13. The van der Waals surface area contributed by atoms with Crippen LogP contribution < -0.4 is 0 Å². The first-order valence-electron chi connectivity index (χ1n) is 5.22. The summed E-state index contributed by atoms with van der Waals surface area (Å²) in [4.78, 5) is 2.39. The Kier molecular flexibility index (Phi) is 2.58. The van der Waals surface area contributed by atoms with Crippen LogP contribution in [0.5, 0.6) is 0 Å². The lowest BCUT2D eigenvalue weighted by atomic mass is 9.94. The summed E-state index contributed by atoms with van der Waals surface area (Å²) < 4.78 is 5.36. The van der Waals surface area contributed by atoms with E-state index in [1.54, 1.807) is 0 Å². The van der Waals surface area contributed by atoms with Crippen molar-refractivity contribution in [1.29, 1.82) is 0 Å². The van der Waals surface area contributed by atoms with Crippen LogP contribution in [0.25, 0.3) is 0 Å². The van der Waals surface area contributed by atoms with Crippen molar-refractivity contribution < 1.29 is 9.84 Å². The normalized spacial score (nSPS) is 42.5. The quantitative estimate of drug-likeness (QED) is 0.650. The van der Waals surface area contributed by atoms with E-state index >= 15 is 0 Å². The molecule has 2 aliphatic heterocycles. The Labute approximate surface area is 79.7 Å². The molecule has 0 amide bonds. The Balaban J connectivity index is 1.91. The van der Waals surface area contributed by atoms with Crippen molar-refractivity contribution in [3.63, 3.8) is 0 Å². The number of aliphatic hydroxyl groups is 1. The monoisotopic (exact) mass is 185 g/mol. The van der Waals surface area contributed by atoms with Crippen molar-refractivity contribution in [3.8, 4) is 0 Å². The number of piperidine rings is 1. The average Bonchev–Trinajstić information content (AvgIpc) is 2.53. The Morgan fingerprint density at radius 1 is 1.54 bits per heavy atom. The fourth-order valence-electron chi connectivity index (χ4n) is 2.38. The molecule has 0 spiro atoms. The smallest absolute Gasteiger partial charge is 0.0746 e. The molecule has 2 fully saturated rings. The zero-order valence-electron chi connectivity index (χ0n) is 8.33. The summed E-state index contributed by atoms with van der Waals surface area (Å²) in [5, 5.41) is 9.92. The van der Waals surface area contributed by atoms with Crippen LogP contribution in [-0.4, -0.2) is 48.0 Å². The number of β-amino-alcohol motifs (C(OH)–C–C–N with tert-alkyl or cyclic N) is 1. The van der Waals surface area contributed by atoms with Gasteiger partial charge in [0.2, 0.25) is 0 Å². The van der Waals surface area contributed by atoms with Crippen molar-refractivity contribution in [1.82, 2.24) is 4.90 Å². The molecule has 76 valence electrons. The van der Waals surface area contributed by atoms with Gasteiger partial charge < -0.3 is 9.84 Å². The van der Waals surface area contributed by atoms with E-state index in [1.165, 1.54) is 0 Å². The first-order chi connectivity index (χ1) is 6.17. The number of rotatable bonds is 1. The van der Waals surface area contributed by atoms with Crippen LogP contribution in [0.1, 0.15) is 26.2 Å². The highest BCUT2D eigenvalue weighted by Crippen LogP contribution is 2.24. The van der Waals surface area contributed by atoms with Crippen molar-refractivity contribution in [2.75, 3.05) is 26.3 Å². The Morgan fingerprint density at radius 2 is 2.38 bits per heavy atom. The summed E-state index contributed by atoms with van der Waals surface area (Å²) in [6, 6.07) is 0.562. The van der Waals surface area contributed by atoms with E-state index in [4.69, 9.17) is 4.74 Å². The third-order valence-electron chi connectivity index (χ3n) is 3.13. The van der Waals surface area contributed by atoms with E-state index in [0.29, 0.717) is 6.04 Å². The molecule has 0 saturated carbocycles. The van der Waals surface area contributed by atoms with Crippen molar-refractivity contribution in [3.05, 3.63) is 0 Å². The van der Waals surface area contributed by atoms with Gasteiger partial charge in [0.25, 0.3) is 0 Å². The lowest BCUT2D eigenvalue weighted by Gasteiger charge is -2.39. The second kappa shape index (κ2) is 3.56. The summed E-state index contributed by atoms with van der Waals surface area (Å²) in [5.74, 6) is 0. The highest BCUT2D eigenvalue weighted by molar-refractivity contribution is 4.87. The molecular weight excluding hydrogens is 166 g/mol. The fourth-order valence-corrected chi connectivity index (χ4v) is 2.38.